The second kappa shape index (κ2) is 9.87. The van der Waals surface area contributed by atoms with Crippen molar-refractivity contribution >= 4 is 9.92 Å². The normalized spacial score (nSPS) is 18.4. The molecule has 0 aliphatic heterocycles. The van der Waals surface area contributed by atoms with Crippen molar-refractivity contribution in [3.05, 3.63) is 36.0 Å². The molecular weight excluding hydrogens is 291 g/mol. The predicted octanol–water partition coefficient (Wildman–Crippen LogP) is 3.24. The number of hydrogen-bond acceptors (Lipinski definition) is 3. The van der Waals surface area contributed by atoms with E-state index in [0.717, 1.165) is 11.1 Å². The average molecular weight is 318 g/mol. The van der Waals surface area contributed by atoms with Gasteiger partial charge in [-0.15, -0.1) is 0 Å². The fraction of sp³-hybridized carbons (Fsp3) is 0.600. The molecule has 0 saturated carbocycles. The van der Waals surface area contributed by atoms with Crippen LogP contribution in [-0.2, 0) is 14.7 Å². The number of rotatable bonds is 10. The molecule has 2 N–H and O–H groups in total. The summed E-state index contributed by atoms with van der Waals surface area (Å²) in [5, 5.41) is 0. The number of ether oxygens (including phenoxy) is 1. The minimum atomic E-state index is -2.72. The first kappa shape index (κ1) is 20.0. The van der Waals surface area contributed by atoms with Crippen LogP contribution in [0.15, 0.2) is 36.0 Å². The minimum absolute atomic E-state index is 0.0481. The van der Waals surface area contributed by atoms with Gasteiger partial charge in [0.25, 0.3) is 0 Å². The maximum atomic E-state index is 12.4. The largest absolute Gasteiger partial charge is 0.377 e. The Labute approximate surface area is 128 Å². The molecule has 0 saturated heterocycles. The summed E-state index contributed by atoms with van der Waals surface area (Å²) in [7, 11) is -1.14. The Kier molecular flexibility index (Phi) is 9.41. The highest BCUT2D eigenvalue weighted by molar-refractivity contribution is 7.89. The van der Waals surface area contributed by atoms with E-state index >= 15 is 0 Å². The molecule has 0 amide bonds. The van der Waals surface area contributed by atoms with E-state index in [1.165, 1.54) is 6.26 Å². The van der Waals surface area contributed by atoms with Gasteiger partial charge in [-0.05, 0) is 30.4 Å². The quantitative estimate of drug-likeness (QED) is 0.607. The fourth-order valence-corrected chi connectivity index (χ4v) is 2.30. The summed E-state index contributed by atoms with van der Waals surface area (Å²) in [6.07, 6.45) is 7.07. The molecule has 0 bridgehead atoms. The van der Waals surface area contributed by atoms with Gasteiger partial charge in [-0.2, -0.15) is 0 Å². The van der Waals surface area contributed by atoms with Gasteiger partial charge in [0.15, 0.2) is 0 Å². The van der Waals surface area contributed by atoms with Crippen LogP contribution in [-0.4, -0.2) is 36.9 Å². The van der Waals surface area contributed by atoms with E-state index in [1.54, 1.807) is 7.11 Å². The highest BCUT2D eigenvalue weighted by Crippen LogP contribution is 2.19. The second-order valence-electron chi connectivity index (χ2n) is 5.05. The Morgan fingerprint density at radius 3 is 2.57 bits per heavy atom. The Hall–Kier alpha value is -0.980. The summed E-state index contributed by atoms with van der Waals surface area (Å²) in [5.41, 5.74) is 1.66. The molecular formula is C15H27FN2O2S. The lowest BCUT2D eigenvalue weighted by molar-refractivity contribution is 0.0836. The van der Waals surface area contributed by atoms with E-state index in [9.17, 15) is 8.60 Å². The van der Waals surface area contributed by atoms with Crippen molar-refractivity contribution in [2.75, 3.05) is 26.6 Å². The van der Waals surface area contributed by atoms with Crippen LogP contribution in [0.5, 0.6) is 0 Å². The lowest BCUT2D eigenvalue weighted by Crippen LogP contribution is -2.23. The monoisotopic (exact) mass is 318 g/mol. The lowest BCUT2D eigenvalue weighted by atomic mass is 9.95. The van der Waals surface area contributed by atoms with Crippen molar-refractivity contribution in [1.29, 1.82) is 4.78 Å². The first-order valence-corrected chi connectivity index (χ1v) is 8.81. The number of alkyl halides is 1. The van der Waals surface area contributed by atoms with Gasteiger partial charge in [0.1, 0.15) is 9.92 Å². The average Bonchev–Trinajstić information content (AvgIpc) is 2.38. The number of methoxy groups -OCH3 is 1. The van der Waals surface area contributed by atoms with Crippen molar-refractivity contribution in [3.8, 4) is 0 Å². The highest BCUT2D eigenvalue weighted by atomic mass is 32.2. The zero-order valence-corrected chi connectivity index (χ0v) is 14.1. The predicted molar refractivity (Wildman–Crippen MR) is 87.4 cm³/mol. The summed E-state index contributed by atoms with van der Waals surface area (Å²) >= 11 is 0. The van der Waals surface area contributed by atoms with Crippen LogP contribution in [0.1, 0.15) is 20.3 Å². The van der Waals surface area contributed by atoms with E-state index in [2.05, 4.69) is 11.3 Å². The van der Waals surface area contributed by atoms with Crippen LogP contribution < -0.4 is 4.72 Å². The topological polar surface area (TPSA) is 62.2 Å². The third-order valence-electron chi connectivity index (χ3n) is 3.13. The molecule has 1 unspecified atom stereocenters. The molecule has 4 nitrogen and oxygen atoms in total. The second-order valence-corrected chi connectivity index (χ2v) is 7.02. The number of halogens is 1. The smallest absolute Gasteiger partial charge is 0.102 e. The number of nitrogens with one attached hydrogen (secondary N) is 2. The SMILES string of the molecule is C=C(/C=C\C(=C/C)CNS(C)(=N)=O)[C@@H](OC)[C@H](C)CCF. The first-order valence-electron chi connectivity index (χ1n) is 6.84. The van der Waals surface area contributed by atoms with E-state index in [4.69, 9.17) is 9.52 Å². The molecule has 0 fully saturated rings. The Morgan fingerprint density at radius 2 is 2.14 bits per heavy atom. The van der Waals surface area contributed by atoms with Crippen molar-refractivity contribution < 1.29 is 13.3 Å². The lowest BCUT2D eigenvalue weighted by Gasteiger charge is -2.22. The van der Waals surface area contributed by atoms with E-state index < -0.39 is 9.92 Å². The molecule has 0 aromatic rings. The Balaban J connectivity index is 4.71. The zero-order chi connectivity index (χ0) is 16.5. The molecule has 0 radical (unpaired) electrons. The van der Waals surface area contributed by atoms with Crippen molar-refractivity contribution in [1.82, 2.24) is 4.72 Å². The van der Waals surface area contributed by atoms with Crippen LogP contribution in [0.25, 0.3) is 0 Å². The number of hydrogen-bond donors (Lipinski definition) is 2. The van der Waals surface area contributed by atoms with E-state index in [0.29, 0.717) is 13.0 Å². The van der Waals surface area contributed by atoms with Gasteiger partial charge in [0, 0.05) is 19.9 Å². The summed E-state index contributed by atoms with van der Waals surface area (Å²) in [6, 6.07) is 0. The molecule has 0 heterocycles. The molecule has 6 heteroatoms. The maximum Gasteiger partial charge on any atom is 0.102 e. The van der Waals surface area contributed by atoms with Crippen molar-refractivity contribution in [3.63, 3.8) is 0 Å². The Bertz CT molecular complexity index is 484. The maximum absolute atomic E-state index is 12.4. The van der Waals surface area contributed by atoms with Crippen LogP contribution in [0, 0.1) is 10.7 Å². The van der Waals surface area contributed by atoms with Gasteiger partial charge in [-0.25, -0.2) is 13.7 Å². The fourth-order valence-electron chi connectivity index (χ4n) is 1.86. The number of allylic oxidation sites excluding steroid dienone is 1. The third kappa shape index (κ3) is 8.80. The van der Waals surface area contributed by atoms with Crippen molar-refractivity contribution in [2.45, 2.75) is 26.4 Å². The molecule has 0 aliphatic rings. The molecule has 21 heavy (non-hydrogen) atoms. The van der Waals surface area contributed by atoms with Crippen molar-refractivity contribution in [2.24, 2.45) is 5.92 Å². The third-order valence-corrected chi connectivity index (χ3v) is 3.83. The van der Waals surface area contributed by atoms with Crippen LogP contribution in [0.2, 0.25) is 0 Å². The standard InChI is InChI=1S/C15H27FN2O2S/c1-6-14(11-18-21(5,17)19)8-7-12(2)15(20-4)13(3)9-10-16/h6-8,13,15H,2,9-11H2,1,3-5H3,(H2,17,18,19)/b8-7-,14-6+/t13-,15-,21?/m1/s1. The molecule has 122 valence electrons. The van der Waals surface area contributed by atoms with E-state index in [1.807, 2.05) is 32.1 Å². The van der Waals surface area contributed by atoms with Crippen LogP contribution in [0.3, 0.4) is 0 Å². The van der Waals surface area contributed by atoms with Gasteiger partial charge in [-0.1, -0.05) is 31.7 Å². The summed E-state index contributed by atoms with van der Waals surface area (Å²) in [4.78, 5) is 0. The summed E-state index contributed by atoms with van der Waals surface area (Å²) in [6.45, 7) is 7.73. The van der Waals surface area contributed by atoms with Gasteiger partial charge < -0.3 is 4.74 Å². The zero-order valence-electron chi connectivity index (χ0n) is 13.3. The molecule has 0 aromatic heterocycles. The van der Waals surface area contributed by atoms with Gasteiger partial charge in [0.2, 0.25) is 0 Å². The van der Waals surface area contributed by atoms with Gasteiger partial charge in [-0.3, -0.25) is 4.39 Å². The molecule has 0 rings (SSSR count). The molecule has 0 aromatic carbocycles. The van der Waals surface area contributed by atoms with Crippen LogP contribution in [0.4, 0.5) is 4.39 Å². The molecule has 3 atom stereocenters. The molecule has 0 spiro atoms. The minimum Gasteiger partial charge on any atom is -0.377 e. The van der Waals surface area contributed by atoms with Gasteiger partial charge >= 0.3 is 0 Å². The van der Waals surface area contributed by atoms with E-state index in [-0.39, 0.29) is 18.7 Å². The summed E-state index contributed by atoms with van der Waals surface area (Å²) in [5.74, 6) is 0.0481. The van der Waals surface area contributed by atoms with Crippen LogP contribution >= 0.6 is 0 Å². The first-order chi connectivity index (χ1) is 9.75. The highest BCUT2D eigenvalue weighted by Gasteiger charge is 2.18. The van der Waals surface area contributed by atoms with Gasteiger partial charge in [0.05, 0.1) is 12.8 Å². The molecule has 0 aliphatic carbocycles. The Morgan fingerprint density at radius 1 is 1.52 bits per heavy atom. The summed E-state index contributed by atoms with van der Waals surface area (Å²) < 4.78 is 39.0.